The lowest BCUT2D eigenvalue weighted by atomic mass is 10.1. The Bertz CT molecular complexity index is 421. The van der Waals surface area contributed by atoms with Gasteiger partial charge in [0.05, 0.1) is 0 Å². The molecule has 0 fully saturated rings. The Morgan fingerprint density at radius 1 is 1.32 bits per heavy atom. The molecule has 0 aliphatic heterocycles. The first kappa shape index (κ1) is 15.5. The lowest BCUT2D eigenvalue weighted by Crippen LogP contribution is -2.36. The molecule has 0 heterocycles. The Morgan fingerprint density at radius 2 is 1.89 bits per heavy atom. The highest BCUT2D eigenvalue weighted by molar-refractivity contribution is 5.80. The molecule has 1 atom stereocenters. The van der Waals surface area contributed by atoms with Crippen molar-refractivity contribution >= 4 is 5.91 Å². The average molecular weight is 264 g/mol. The fourth-order valence-electron chi connectivity index (χ4n) is 2.08. The predicted molar refractivity (Wildman–Crippen MR) is 77.5 cm³/mol. The first-order chi connectivity index (χ1) is 8.99. The number of benzene rings is 1. The zero-order chi connectivity index (χ0) is 14.4. The average Bonchev–Trinajstić information content (AvgIpc) is 2.34. The van der Waals surface area contributed by atoms with Crippen molar-refractivity contribution in [1.29, 1.82) is 0 Å². The van der Waals surface area contributed by atoms with Crippen molar-refractivity contribution in [2.75, 3.05) is 13.6 Å². The molecule has 4 heteroatoms. The van der Waals surface area contributed by atoms with Crippen LogP contribution in [0.1, 0.15) is 30.5 Å². The Morgan fingerprint density at radius 3 is 2.37 bits per heavy atom. The van der Waals surface area contributed by atoms with Crippen LogP contribution in [0.4, 0.5) is 0 Å². The smallest absolute Gasteiger partial charge is 0.260 e. The van der Waals surface area contributed by atoms with E-state index < -0.39 is 6.10 Å². The van der Waals surface area contributed by atoms with E-state index >= 15 is 0 Å². The molecule has 1 unspecified atom stereocenters. The van der Waals surface area contributed by atoms with Crippen LogP contribution in [0.3, 0.4) is 0 Å². The van der Waals surface area contributed by atoms with E-state index in [2.05, 4.69) is 22.8 Å². The number of aryl methyl sites for hydroxylation is 2. The summed E-state index contributed by atoms with van der Waals surface area (Å²) >= 11 is 0. The van der Waals surface area contributed by atoms with Gasteiger partial charge in [0.15, 0.2) is 6.10 Å². The van der Waals surface area contributed by atoms with Gasteiger partial charge in [-0.3, -0.25) is 4.79 Å². The molecular weight excluding hydrogens is 240 g/mol. The van der Waals surface area contributed by atoms with Crippen molar-refractivity contribution < 1.29 is 9.53 Å². The summed E-state index contributed by atoms with van der Waals surface area (Å²) in [6.07, 6.45) is -0.479. The molecule has 106 valence electrons. The second-order valence-electron chi connectivity index (χ2n) is 4.74. The minimum Gasteiger partial charge on any atom is -0.480 e. The van der Waals surface area contributed by atoms with Crippen molar-refractivity contribution in [2.45, 2.75) is 40.3 Å². The van der Waals surface area contributed by atoms with Gasteiger partial charge in [-0.15, -0.1) is 0 Å². The Kier molecular flexibility index (Phi) is 5.83. The van der Waals surface area contributed by atoms with Gasteiger partial charge in [0, 0.05) is 13.1 Å². The third kappa shape index (κ3) is 4.24. The molecule has 19 heavy (non-hydrogen) atoms. The van der Waals surface area contributed by atoms with Gasteiger partial charge in [0.25, 0.3) is 5.91 Å². The number of likely N-dealkylation sites (N-methyl/N-ethyl adjacent to an activating group) is 1. The molecule has 0 saturated carbocycles. The lowest BCUT2D eigenvalue weighted by molar-refractivity contribution is -0.127. The Hall–Kier alpha value is -1.55. The number of hydrogen-bond donors (Lipinski definition) is 2. The van der Waals surface area contributed by atoms with Crippen molar-refractivity contribution in [3.63, 3.8) is 0 Å². The van der Waals surface area contributed by atoms with Gasteiger partial charge in [-0.1, -0.05) is 12.1 Å². The molecule has 1 aromatic rings. The molecule has 2 N–H and O–H groups in total. The van der Waals surface area contributed by atoms with E-state index in [1.165, 1.54) is 5.56 Å². The summed E-state index contributed by atoms with van der Waals surface area (Å²) in [4.78, 5) is 11.7. The van der Waals surface area contributed by atoms with Crippen LogP contribution < -0.4 is 15.4 Å². The number of amides is 1. The summed E-state index contributed by atoms with van der Waals surface area (Å²) in [5, 5.41) is 5.89. The molecule has 0 aliphatic carbocycles. The van der Waals surface area contributed by atoms with Gasteiger partial charge in [0.2, 0.25) is 0 Å². The molecule has 0 spiro atoms. The van der Waals surface area contributed by atoms with Crippen LogP contribution in [0, 0.1) is 13.8 Å². The van der Waals surface area contributed by atoms with E-state index in [0.29, 0.717) is 6.54 Å². The summed E-state index contributed by atoms with van der Waals surface area (Å²) in [7, 11) is 1.92. The molecular formula is C15H24N2O2. The molecule has 0 aromatic heterocycles. The van der Waals surface area contributed by atoms with Gasteiger partial charge in [-0.05, 0) is 51.4 Å². The second-order valence-corrected chi connectivity index (χ2v) is 4.74. The SMILES string of the molecule is CCNC(=O)C(C)Oc1c(C)cc(CNC)cc1C. The first-order valence-corrected chi connectivity index (χ1v) is 6.68. The zero-order valence-corrected chi connectivity index (χ0v) is 12.5. The summed E-state index contributed by atoms with van der Waals surface area (Å²) < 4.78 is 5.79. The van der Waals surface area contributed by atoms with Gasteiger partial charge in [-0.25, -0.2) is 0 Å². The highest BCUT2D eigenvalue weighted by atomic mass is 16.5. The lowest BCUT2D eigenvalue weighted by Gasteiger charge is -2.18. The molecule has 1 rings (SSSR count). The van der Waals surface area contributed by atoms with Crippen LogP contribution in [-0.2, 0) is 11.3 Å². The van der Waals surface area contributed by atoms with E-state index in [4.69, 9.17) is 4.74 Å². The van der Waals surface area contributed by atoms with Crippen molar-refractivity contribution in [1.82, 2.24) is 10.6 Å². The van der Waals surface area contributed by atoms with Crippen LogP contribution in [0.2, 0.25) is 0 Å². The number of carbonyl (C=O) groups excluding carboxylic acids is 1. The standard InChI is InChI=1S/C15H24N2O2/c1-6-17-15(18)12(4)19-14-10(2)7-13(9-16-5)8-11(14)3/h7-8,12,16H,6,9H2,1-5H3,(H,17,18). The summed E-state index contributed by atoms with van der Waals surface area (Å²) in [5.74, 6) is 0.721. The molecule has 0 saturated heterocycles. The highest BCUT2D eigenvalue weighted by Crippen LogP contribution is 2.25. The molecule has 1 aromatic carbocycles. The number of hydrogen-bond acceptors (Lipinski definition) is 3. The van der Waals surface area contributed by atoms with Crippen LogP contribution in [0.5, 0.6) is 5.75 Å². The maximum atomic E-state index is 11.7. The van der Waals surface area contributed by atoms with E-state index in [1.54, 1.807) is 6.92 Å². The summed E-state index contributed by atoms with van der Waals surface area (Å²) in [6, 6.07) is 4.17. The van der Waals surface area contributed by atoms with Gasteiger partial charge >= 0.3 is 0 Å². The van der Waals surface area contributed by atoms with E-state index in [0.717, 1.165) is 23.4 Å². The monoisotopic (exact) mass is 264 g/mol. The van der Waals surface area contributed by atoms with Crippen molar-refractivity contribution in [3.8, 4) is 5.75 Å². The van der Waals surface area contributed by atoms with Crippen LogP contribution in [0.15, 0.2) is 12.1 Å². The number of nitrogens with one attached hydrogen (secondary N) is 2. The fraction of sp³-hybridized carbons (Fsp3) is 0.533. The molecule has 0 bridgehead atoms. The maximum absolute atomic E-state index is 11.7. The zero-order valence-electron chi connectivity index (χ0n) is 12.5. The first-order valence-electron chi connectivity index (χ1n) is 6.68. The summed E-state index contributed by atoms with van der Waals surface area (Å²) in [6.45, 7) is 9.12. The van der Waals surface area contributed by atoms with E-state index in [-0.39, 0.29) is 5.91 Å². The minimum atomic E-state index is -0.479. The maximum Gasteiger partial charge on any atom is 0.260 e. The van der Waals surface area contributed by atoms with E-state index in [9.17, 15) is 4.79 Å². The van der Waals surface area contributed by atoms with Crippen LogP contribution in [0.25, 0.3) is 0 Å². The molecule has 4 nitrogen and oxygen atoms in total. The largest absolute Gasteiger partial charge is 0.480 e. The van der Waals surface area contributed by atoms with Crippen LogP contribution >= 0.6 is 0 Å². The molecule has 0 radical (unpaired) electrons. The topological polar surface area (TPSA) is 50.4 Å². The quantitative estimate of drug-likeness (QED) is 0.825. The van der Waals surface area contributed by atoms with Crippen molar-refractivity contribution in [3.05, 3.63) is 28.8 Å². The number of ether oxygens (including phenoxy) is 1. The Labute approximate surface area is 115 Å². The minimum absolute atomic E-state index is 0.0828. The Balaban J connectivity index is 2.86. The highest BCUT2D eigenvalue weighted by Gasteiger charge is 2.16. The normalized spacial score (nSPS) is 12.1. The van der Waals surface area contributed by atoms with Gasteiger partial charge in [0.1, 0.15) is 5.75 Å². The van der Waals surface area contributed by atoms with Gasteiger partial charge < -0.3 is 15.4 Å². The van der Waals surface area contributed by atoms with Crippen LogP contribution in [-0.4, -0.2) is 25.6 Å². The third-order valence-electron chi connectivity index (χ3n) is 2.92. The molecule has 0 aliphatic rings. The summed E-state index contributed by atoms with van der Waals surface area (Å²) in [5.41, 5.74) is 3.33. The van der Waals surface area contributed by atoms with Gasteiger partial charge in [-0.2, -0.15) is 0 Å². The fourth-order valence-corrected chi connectivity index (χ4v) is 2.08. The van der Waals surface area contributed by atoms with E-state index in [1.807, 2.05) is 27.8 Å². The number of rotatable bonds is 6. The number of carbonyl (C=O) groups is 1. The molecule has 1 amide bonds. The third-order valence-corrected chi connectivity index (χ3v) is 2.92. The van der Waals surface area contributed by atoms with Crippen molar-refractivity contribution in [2.24, 2.45) is 0 Å². The predicted octanol–water partition coefficient (Wildman–Crippen LogP) is 1.93. The second kappa shape index (κ2) is 7.14.